The quantitative estimate of drug-likeness (QED) is 0.754. The van der Waals surface area contributed by atoms with Crippen LogP contribution in [-0.4, -0.2) is 49.0 Å². The second-order valence-electron chi connectivity index (χ2n) is 6.67. The van der Waals surface area contributed by atoms with Crippen molar-refractivity contribution in [2.75, 3.05) is 25.9 Å². The summed E-state index contributed by atoms with van der Waals surface area (Å²) in [5, 5.41) is 9.31. The van der Waals surface area contributed by atoms with Crippen molar-refractivity contribution in [2.45, 2.75) is 50.6 Å². The van der Waals surface area contributed by atoms with Crippen LogP contribution < -0.4 is 0 Å². The van der Waals surface area contributed by atoms with Gasteiger partial charge >= 0.3 is 0 Å². The number of hydrogen-bond donors (Lipinski definition) is 2. The molecule has 17 heavy (non-hydrogen) atoms. The van der Waals surface area contributed by atoms with Crippen LogP contribution in [0.3, 0.4) is 0 Å². The van der Waals surface area contributed by atoms with E-state index in [0.29, 0.717) is 0 Å². The molecule has 0 aromatic carbocycles. The highest BCUT2D eigenvalue weighted by atomic mass is 28.4. The first-order valence-electron chi connectivity index (χ1n) is 7.02. The molecule has 2 fully saturated rings. The lowest BCUT2D eigenvalue weighted by molar-refractivity contribution is 0.0760. The average Bonchev–Trinajstić information content (AvgIpc) is 2.28. The van der Waals surface area contributed by atoms with Crippen molar-refractivity contribution in [1.29, 1.82) is 0 Å². The molecule has 1 atom stereocenters. The summed E-state index contributed by atoms with van der Waals surface area (Å²) in [6.07, 6.45) is 7.00. The number of aliphatic hydroxyl groups is 1. The van der Waals surface area contributed by atoms with Crippen LogP contribution in [0.4, 0.5) is 0 Å². The first-order valence-corrected chi connectivity index (χ1v) is 9.68. The van der Waals surface area contributed by atoms with E-state index >= 15 is 0 Å². The normalized spacial score (nSPS) is 29.6. The monoisotopic (exact) mass is 257 g/mol. The van der Waals surface area contributed by atoms with Crippen molar-refractivity contribution in [3.63, 3.8) is 0 Å². The van der Waals surface area contributed by atoms with Crippen molar-refractivity contribution in [1.82, 2.24) is 4.90 Å². The van der Waals surface area contributed by atoms with Gasteiger partial charge in [0.15, 0.2) is 0 Å². The van der Waals surface area contributed by atoms with E-state index in [0.717, 1.165) is 19.0 Å². The summed E-state index contributed by atoms with van der Waals surface area (Å²) in [7, 11) is -2.41. The number of nitrogens with zero attached hydrogens (tertiary/aromatic N) is 1. The van der Waals surface area contributed by atoms with Gasteiger partial charge in [-0.1, -0.05) is 26.2 Å². The molecule has 3 nitrogen and oxygen atoms in total. The molecule has 100 valence electrons. The van der Waals surface area contributed by atoms with Crippen molar-refractivity contribution in [3.05, 3.63) is 0 Å². The molecule has 1 aliphatic carbocycles. The lowest BCUT2D eigenvalue weighted by Gasteiger charge is -2.54. The molecule has 1 aliphatic heterocycles. The predicted octanol–water partition coefficient (Wildman–Crippen LogP) is 1.74. The lowest BCUT2D eigenvalue weighted by atomic mass is 9.87. The molecule has 1 heterocycles. The summed E-state index contributed by atoms with van der Waals surface area (Å²) >= 11 is 0. The Morgan fingerprint density at radius 3 is 2.35 bits per heavy atom. The molecular formula is C13H27NO2Si. The van der Waals surface area contributed by atoms with Gasteiger partial charge < -0.3 is 14.8 Å². The van der Waals surface area contributed by atoms with E-state index in [2.05, 4.69) is 11.8 Å². The van der Waals surface area contributed by atoms with Gasteiger partial charge in [-0.15, -0.1) is 0 Å². The van der Waals surface area contributed by atoms with Gasteiger partial charge in [0.05, 0.1) is 6.23 Å². The molecule has 2 N–H and O–H groups in total. The first kappa shape index (κ1) is 13.5. The highest BCUT2D eigenvalue weighted by molar-refractivity contribution is 6.74. The molecule has 1 saturated carbocycles. The van der Waals surface area contributed by atoms with E-state index in [9.17, 15) is 9.90 Å². The Morgan fingerprint density at radius 2 is 1.82 bits per heavy atom. The molecule has 0 spiro atoms. The Bertz CT molecular complexity index is 258. The largest absolute Gasteiger partial charge is 0.429 e. The van der Waals surface area contributed by atoms with Crippen LogP contribution >= 0.6 is 0 Å². The highest BCUT2D eigenvalue weighted by Gasteiger charge is 2.53. The smallest absolute Gasteiger partial charge is 0.218 e. The Kier molecular flexibility index (Phi) is 3.98. The van der Waals surface area contributed by atoms with Crippen LogP contribution in [0, 0.1) is 5.92 Å². The fourth-order valence-corrected chi connectivity index (χ4v) is 4.85. The summed E-state index contributed by atoms with van der Waals surface area (Å²) in [5.74, 6) is 0.883. The van der Waals surface area contributed by atoms with Gasteiger partial charge in [0.1, 0.15) is 0 Å². The molecule has 0 aromatic heterocycles. The zero-order chi connectivity index (χ0) is 12.5. The Morgan fingerprint density at radius 1 is 1.24 bits per heavy atom. The van der Waals surface area contributed by atoms with E-state index in [-0.39, 0.29) is 11.3 Å². The summed E-state index contributed by atoms with van der Waals surface area (Å²) in [6.45, 7) is 7.23. The molecule has 0 radical (unpaired) electrons. The third kappa shape index (κ3) is 2.75. The minimum absolute atomic E-state index is 0.000762. The predicted molar refractivity (Wildman–Crippen MR) is 72.3 cm³/mol. The molecule has 2 aliphatic rings. The second kappa shape index (κ2) is 5.00. The maximum absolute atomic E-state index is 10.3. The van der Waals surface area contributed by atoms with Gasteiger partial charge in [0, 0.05) is 24.7 Å². The van der Waals surface area contributed by atoms with Crippen molar-refractivity contribution in [3.8, 4) is 0 Å². The molecule has 1 unspecified atom stereocenters. The molecule has 0 amide bonds. The summed E-state index contributed by atoms with van der Waals surface area (Å²) in [6, 6.07) is 0. The van der Waals surface area contributed by atoms with Crippen LogP contribution in [0.1, 0.15) is 39.0 Å². The molecule has 4 heteroatoms. The van der Waals surface area contributed by atoms with Crippen molar-refractivity contribution < 1.29 is 9.90 Å². The molecule has 0 aromatic rings. The summed E-state index contributed by atoms with van der Waals surface area (Å²) in [4.78, 5) is 12.8. The third-order valence-electron chi connectivity index (χ3n) is 4.99. The average molecular weight is 257 g/mol. The highest BCUT2D eigenvalue weighted by Crippen LogP contribution is 2.45. The summed E-state index contributed by atoms with van der Waals surface area (Å²) < 4.78 is 0. The zero-order valence-electron chi connectivity index (χ0n) is 11.3. The molecule has 0 bridgehead atoms. The fraction of sp³-hybridized carbons (Fsp3) is 1.00. The van der Waals surface area contributed by atoms with Gasteiger partial charge in [0.2, 0.25) is 8.32 Å². The van der Waals surface area contributed by atoms with Crippen LogP contribution in [-0.2, 0) is 0 Å². The van der Waals surface area contributed by atoms with Crippen molar-refractivity contribution >= 4 is 8.32 Å². The van der Waals surface area contributed by atoms with E-state index in [1.54, 1.807) is 0 Å². The number of likely N-dealkylation sites (tertiary alicyclic amines) is 1. The fourth-order valence-electron chi connectivity index (χ4n) is 3.34. The van der Waals surface area contributed by atoms with E-state index in [4.69, 9.17) is 0 Å². The van der Waals surface area contributed by atoms with Crippen LogP contribution in [0.2, 0.25) is 11.6 Å². The second-order valence-corrected chi connectivity index (χ2v) is 10.7. The van der Waals surface area contributed by atoms with Gasteiger partial charge in [0.25, 0.3) is 0 Å². The maximum atomic E-state index is 10.3. The number of aliphatic hydroxyl groups excluding tert-OH is 1. The SMILES string of the molecule is CC1([Si](C)(O)CO)CN(CC2CCCCC2)C1. The zero-order valence-corrected chi connectivity index (χ0v) is 12.3. The van der Waals surface area contributed by atoms with Gasteiger partial charge in [-0.05, 0) is 25.3 Å². The Labute approximate surface area is 106 Å². The Hall–Kier alpha value is 0.0969. The van der Waals surface area contributed by atoms with Gasteiger partial charge in [-0.3, -0.25) is 0 Å². The number of hydrogen-bond acceptors (Lipinski definition) is 3. The lowest BCUT2D eigenvalue weighted by Crippen LogP contribution is -2.65. The molecule has 1 saturated heterocycles. The maximum Gasteiger partial charge on any atom is 0.218 e. The summed E-state index contributed by atoms with van der Waals surface area (Å²) in [5.41, 5.74) is 0. The Balaban J connectivity index is 1.78. The van der Waals surface area contributed by atoms with E-state index < -0.39 is 8.32 Å². The topological polar surface area (TPSA) is 43.7 Å². The van der Waals surface area contributed by atoms with Crippen LogP contribution in [0.25, 0.3) is 0 Å². The minimum atomic E-state index is -2.41. The first-order chi connectivity index (χ1) is 7.97. The van der Waals surface area contributed by atoms with Gasteiger partial charge in [-0.2, -0.15) is 0 Å². The van der Waals surface area contributed by atoms with E-state index in [1.807, 2.05) is 6.55 Å². The third-order valence-corrected chi connectivity index (χ3v) is 8.53. The molecule has 2 rings (SSSR count). The molecular weight excluding hydrogens is 230 g/mol. The van der Waals surface area contributed by atoms with Gasteiger partial charge in [-0.25, -0.2) is 0 Å². The van der Waals surface area contributed by atoms with Crippen LogP contribution in [0.5, 0.6) is 0 Å². The van der Waals surface area contributed by atoms with Crippen molar-refractivity contribution in [2.24, 2.45) is 5.92 Å². The number of rotatable bonds is 4. The standard InChI is InChI=1S/C13H27NO2Si/c1-13(17(2,16)11-15)9-14(10-13)8-12-6-4-3-5-7-12/h12,15-16H,3-11H2,1-2H3. The van der Waals surface area contributed by atoms with E-state index in [1.165, 1.54) is 38.6 Å². The minimum Gasteiger partial charge on any atom is -0.429 e. The van der Waals surface area contributed by atoms with Crippen LogP contribution in [0.15, 0.2) is 0 Å².